The Bertz CT molecular complexity index is 627. The lowest BCUT2D eigenvalue weighted by molar-refractivity contribution is -0.117. The summed E-state index contributed by atoms with van der Waals surface area (Å²) in [5.41, 5.74) is 1.05. The molecule has 0 aliphatic carbocycles. The van der Waals surface area contributed by atoms with Crippen LogP contribution in [0.3, 0.4) is 0 Å². The molecule has 1 atom stereocenters. The molecule has 0 saturated carbocycles. The summed E-state index contributed by atoms with van der Waals surface area (Å²) in [5.74, 6) is 1.12. The van der Waals surface area contributed by atoms with E-state index >= 15 is 0 Å². The van der Waals surface area contributed by atoms with Crippen LogP contribution in [0.15, 0.2) is 18.2 Å². The zero-order valence-electron chi connectivity index (χ0n) is 15.9. The Labute approximate surface area is 161 Å². The zero-order chi connectivity index (χ0) is 19.1. The van der Waals surface area contributed by atoms with Gasteiger partial charge in [-0.25, -0.2) is 0 Å². The highest BCUT2D eigenvalue weighted by Crippen LogP contribution is 2.25. The summed E-state index contributed by atoms with van der Waals surface area (Å²) in [4.78, 5) is 24.5. The van der Waals surface area contributed by atoms with Crippen LogP contribution in [0.1, 0.15) is 50.4 Å². The SMILES string of the molecule is CC(C)CNC(=O)c1ccc(NC(=O)CC(C)C2CCNCC2)cc1Cl. The molecule has 1 heterocycles. The zero-order valence-corrected chi connectivity index (χ0v) is 16.7. The number of amides is 2. The standard InChI is InChI=1S/C20H30ClN3O2/c1-13(2)12-23-20(26)17-5-4-16(11-18(17)21)24-19(25)10-14(3)15-6-8-22-9-7-15/h4-5,11,13-15,22H,6-10,12H2,1-3H3,(H,23,26)(H,24,25). The monoisotopic (exact) mass is 379 g/mol. The molecular formula is C20H30ClN3O2. The third kappa shape index (κ3) is 6.29. The second-order valence-corrected chi connectivity index (χ2v) is 8.02. The van der Waals surface area contributed by atoms with Gasteiger partial charge in [0.1, 0.15) is 0 Å². The predicted octanol–water partition coefficient (Wildman–Crippen LogP) is 3.69. The van der Waals surface area contributed by atoms with Crippen molar-refractivity contribution in [2.24, 2.45) is 17.8 Å². The molecule has 1 unspecified atom stereocenters. The lowest BCUT2D eigenvalue weighted by atomic mass is 9.84. The summed E-state index contributed by atoms with van der Waals surface area (Å²) in [5, 5.41) is 9.44. The van der Waals surface area contributed by atoms with Gasteiger partial charge in [0.15, 0.2) is 0 Å². The molecule has 1 saturated heterocycles. The Morgan fingerprint density at radius 2 is 1.92 bits per heavy atom. The molecule has 1 fully saturated rings. The molecule has 1 aliphatic heterocycles. The highest BCUT2D eigenvalue weighted by molar-refractivity contribution is 6.34. The molecule has 0 aromatic heterocycles. The highest BCUT2D eigenvalue weighted by Gasteiger charge is 2.22. The number of rotatable bonds is 7. The molecule has 1 aromatic rings. The van der Waals surface area contributed by atoms with Crippen molar-refractivity contribution in [3.63, 3.8) is 0 Å². The predicted molar refractivity (Wildman–Crippen MR) is 107 cm³/mol. The molecule has 3 N–H and O–H groups in total. The lowest BCUT2D eigenvalue weighted by Gasteiger charge is -2.27. The van der Waals surface area contributed by atoms with Crippen molar-refractivity contribution >= 4 is 29.1 Å². The Kier molecular flexibility index (Phi) is 7.91. The molecule has 144 valence electrons. The number of hydrogen-bond acceptors (Lipinski definition) is 3. The number of piperidine rings is 1. The number of anilines is 1. The molecule has 0 bridgehead atoms. The van der Waals surface area contributed by atoms with E-state index in [1.165, 1.54) is 0 Å². The number of carbonyl (C=O) groups is 2. The molecule has 5 nitrogen and oxygen atoms in total. The van der Waals surface area contributed by atoms with E-state index in [1.54, 1.807) is 18.2 Å². The Hall–Kier alpha value is -1.59. The topological polar surface area (TPSA) is 70.2 Å². The first-order valence-corrected chi connectivity index (χ1v) is 9.83. The average Bonchev–Trinajstić information content (AvgIpc) is 2.60. The van der Waals surface area contributed by atoms with E-state index in [0.29, 0.717) is 47.0 Å². The fourth-order valence-corrected chi connectivity index (χ4v) is 3.52. The quantitative estimate of drug-likeness (QED) is 0.676. The summed E-state index contributed by atoms with van der Waals surface area (Å²) in [6.07, 6.45) is 2.75. The highest BCUT2D eigenvalue weighted by atomic mass is 35.5. The van der Waals surface area contributed by atoms with E-state index in [4.69, 9.17) is 11.6 Å². The molecule has 0 radical (unpaired) electrons. The molecule has 1 aliphatic rings. The maximum absolute atomic E-state index is 12.3. The van der Waals surface area contributed by atoms with Gasteiger partial charge >= 0.3 is 0 Å². The number of carbonyl (C=O) groups excluding carboxylic acids is 2. The van der Waals surface area contributed by atoms with Crippen LogP contribution in [0.25, 0.3) is 0 Å². The molecule has 26 heavy (non-hydrogen) atoms. The van der Waals surface area contributed by atoms with Crippen LogP contribution < -0.4 is 16.0 Å². The fourth-order valence-electron chi connectivity index (χ4n) is 3.25. The lowest BCUT2D eigenvalue weighted by Crippen LogP contribution is -2.32. The van der Waals surface area contributed by atoms with Gasteiger partial charge in [0.05, 0.1) is 10.6 Å². The van der Waals surface area contributed by atoms with Gasteiger partial charge < -0.3 is 16.0 Å². The van der Waals surface area contributed by atoms with E-state index in [9.17, 15) is 9.59 Å². The van der Waals surface area contributed by atoms with Gasteiger partial charge in [-0.1, -0.05) is 32.4 Å². The molecule has 6 heteroatoms. The van der Waals surface area contributed by atoms with Crippen molar-refractivity contribution in [3.05, 3.63) is 28.8 Å². The second kappa shape index (κ2) is 9.93. The second-order valence-electron chi connectivity index (χ2n) is 7.62. The molecular weight excluding hydrogens is 350 g/mol. The van der Waals surface area contributed by atoms with Gasteiger partial charge in [0.25, 0.3) is 5.91 Å². The minimum atomic E-state index is -0.193. The van der Waals surface area contributed by atoms with Crippen molar-refractivity contribution < 1.29 is 9.59 Å². The van der Waals surface area contributed by atoms with Crippen LogP contribution in [0.4, 0.5) is 5.69 Å². The van der Waals surface area contributed by atoms with E-state index in [-0.39, 0.29) is 11.8 Å². The first-order chi connectivity index (χ1) is 12.4. The number of hydrogen-bond donors (Lipinski definition) is 3. The van der Waals surface area contributed by atoms with E-state index in [0.717, 1.165) is 25.9 Å². The van der Waals surface area contributed by atoms with Crippen LogP contribution >= 0.6 is 11.6 Å². The van der Waals surface area contributed by atoms with Gasteiger partial charge in [-0.2, -0.15) is 0 Å². The van der Waals surface area contributed by atoms with Gasteiger partial charge in [0.2, 0.25) is 5.91 Å². The number of benzene rings is 1. The van der Waals surface area contributed by atoms with Gasteiger partial charge in [0, 0.05) is 18.7 Å². The van der Waals surface area contributed by atoms with Gasteiger partial charge in [-0.3, -0.25) is 9.59 Å². The largest absolute Gasteiger partial charge is 0.352 e. The van der Waals surface area contributed by atoms with E-state index in [2.05, 4.69) is 22.9 Å². The summed E-state index contributed by atoms with van der Waals surface area (Å²) in [6.45, 7) is 8.88. The average molecular weight is 380 g/mol. The maximum Gasteiger partial charge on any atom is 0.252 e. The van der Waals surface area contributed by atoms with Gasteiger partial charge in [-0.05, 0) is 61.9 Å². The fraction of sp³-hybridized carbons (Fsp3) is 0.600. The number of nitrogens with one attached hydrogen (secondary N) is 3. The summed E-state index contributed by atoms with van der Waals surface area (Å²) < 4.78 is 0. The third-order valence-electron chi connectivity index (χ3n) is 4.86. The third-order valence-corrected chi connectivity index (χ3v) is 5.18. The van der Waals surface area contributed by atoms with Crippen LogP contribution in [-0.4, -0.2) is 31.4 Å². The van der Waals surface area contributed by atoms with Crippen molar-refractivity contribution in [2.45, 2.75) is 40.0 Å². The number of halogens is 1. The first kappa shape index (κ1) is 20.7. The van der Waals surface area contributed by atoms with Crippen LogP contribution in [0, 0.1) is 17.8 Å². The van der Waals surface area contributed by atoms with Gasteiger partial charge in [-0.15, -0.1) is 0 Å². The van der Waals surface area contributed by atoms with Crippen molar-refractivity contribution in [3.8, 4) is 0 Å². The summed E-state index contributed by atoms with van der Waals surface area (Å²) in [6, 6.07) is 5.02. The minimum Gasteiger partial charge on any atom is -0.352 e. The van der Waals surface area contributed by atoms with E-state index in [1.807, 2.05) is 13.8 Å². The molecule has 2 rings (SSSR count). The summed E-state index contributed by atoms with van der Waals surface area (Å²) >= 11 is 6.23. The van der Waals surface area contributed by atoms with Crippen LogP contribution in [0.5, 0.6) is 0 Å². The summed E-state index contributed by atoms with van der Waals surface area (Å²) in [7, 11) is 0. The maximum atomic E-state index is 12.3. The normalized spacial score (nSPS) is 16.3. The first-order valence-electron chi connectivity index (χ1n) is 9.45. The van der Waals surface area contributed by atoms with Crippen LogP contribution in [0.2, 0.25) is 5.02 Å². The molecule has 1 aromatic carbocycles. The Morgan fingerprint density at radius 3 is 2.54 bits per heavy atom. The molecule has 0 spiro atoms. The minimum absolute atomic E-state index is 0.0101. The molecule has 2 amide bonds. The Balaban J connectivity index is 1.89. The van der Waals surface area contributed by atoms with Crippen molar-refractivity contribution in [2.75, 3.05) is 25.0 Å². The van der Waals surface area contributed by atoms with Crippen molar-refractivity contribution in [1.82, 2.24) is 10.6 Å². The van der Waals surface area contributed by atoms with E-state index < -0.39 is 0 Å². The Morgan fingerprint density at radius 1 is 1.23 bits per heavy atom. The smallest absolute Gasteiger partial charge is 0.252 e. The van der Waals surface area contributed by atoms with Crippen LogP contribution in [-0.2, 0) is 4.79 Å². The van der Waals surface area contributed by atoms with Crippen molar-refractivity contribution in [1.29, 1.82) is 0 Å².